The van der Waals surface area contributed by atoms with Crippen LogP contribution in [0.2, 0.25) is 0 Å². The summed E-state index contributed by atoms with van der Waals surface area (Å²) in [5.74, 6) is 1.000. The number of hydrogen-bond acceptors (Lipinski definition) is 3. The topological polar surface area (TPSA) is 67.2 Å². The number of hydrogen-bond donors (Lipinski definition) is 1. The third-order valence-electron chi connectivity index (χ3n) is 6.29. The third-order valence-corrected chi connectivity index (χ3v) is 6.29. The predicted octanol–water partition coefficient (Wildman–Crippen LogP) is 4.11. The molecule has 1 aromatic heterocycles. The van der Waals surface area contributed by atoms with Crippen molar-refractivity contribution in [1.82, 2.24) is 19.8 Å². The Morgan fingerprint density at radius 3 is 2.78 bits per heavy atom. The van der Waals surface area contributed by atoms with Gasteiger partial charge in [-0.2, -0.15) is 0 Å². The van der Waals surface area contributed by atoms with Gasteiger partial charge < -0.3 is 14.8 Å². The summed E-state index contributed by atoms with van der Waals surface area (Å²) >= 11 is 0. The van der Waals surface area contributed by atoms with E-state index < -0.39 is 0 Å². The molecule has 1 unspecified atom stereocenters. The highest BCUT2D eigenvalue weighted by Crippen LogP contribution is 2.20. The van der Waals surface area contributed by atoms with Crippen molar-refractivity contribution in [3.8, 4) is 0 Å². The molecule has 1 aliphatic heterocycles. The number of nitrogens with one attached hydrogen (secondary N) is 1. The van der Waals surface area contributed by atoms with E-state index in [0.717, 1.165) is 48.2 Å². The predicted molar refractivity (Wildman–Crippen MR) is 127 cm³/mol. The maximum absolute atomic E-state index is 13.1. The summed E-state index contributed by atoms with van der Waals surface area (Å²) in [5.41, 5.74) is 3.65. The van der Waals surface area contributed by atoms with Gasteiger partial charge in [0.25, 0.3) is 5.91 Å². The fourth-order valence-corrected chi connectivity index (χ4v) is 4.52. The molecule has 1 fully saturated rings. The van der Waals surface area contributed by atoms with E-state index in [4.69, 9.17) is 4.98 Å². The van der Waals surface area contributed by atoms with Gasteiger partial charge in [-0.25, -0.2) is 4.98 Å². The zero-order chi connectivity index (χ0) is 22.5. The number of para-hydroxylation sites is 2. The second-order valence-electron chi connectivity index (χ2n) is 8.76. The quantitative estimate of drug-likeness (QED) is 0.572. The van der Waals surface area contributed by atoms with Crippen LogP contribution in [0.1, 0.15) is 54.4 Å². The molecule has 4 rings (SSSR count). The first-order valence-corrected chi connectivity index (χ1v) is 11.6. The summed E-state index contributed by atoms with van der Waals surface area (Å²) < 4.78 is 2.06. The summed E-state index contributed by atoms with van der Waals surface area (Å²) in [6.07, 6.45) is 4.80. The molecular weight excluding hydrogens is 400 g/mol. The van der Waals surface area contributed by atoms with Crippen LogP contribution in [0.25, 0.3) is 11.0 Å². The van der Waals surface area contributed by atoms with Crippen LogP contribution in [-0.2, 0) is 17.8 Å². The smallest absolute Gasteiger partial charge is 0.251 e. The molecule has 3 aromatic rings. The average molecular weight is 433 g/mol. The van der Waals surface area contributed by atoms with Gasteiger partial charge in [0.05, 0.1) is 11.0 Å². The molecule has 0 aliphatic carbocycles. The lowest BCUT2D eigenvalue weighted by molar-refractivity contribution is -0.135. The van der Waals surface area contributed by atoms with E-state index in [2.05, 4.69) is 16.8 Å². The van der Waals surface area contributed by atoms with Gasteiger partial charge in [0.15, 0.2) is 0 Å². The zero-order valence-electron chi connectivity index (χ0n) is 19.0. The first kappa shape index (κ1) is 22.1. The van der Waals surface area contributed by atoms with Crippen LogP contribution in [0.3, 0.4) is 0 Å². The number of nitrogens with zero attached hydrogens (tertiary/aromatic N) is 3. The van der Waals surface area contributed by atoms with E-state index in [-0.39, 0.29) is 11.8 Å². The van der Waals surface area contributed by atoms with Crippen LogP contribution in [0.5, 0.6) is 0 Å². The van der Waals surface area contributed by atoms with E-state index in [1.165, 1.54) is 6.42 Å². The Bertz CT molecular complexity index is 1100. The lowest BCUT2D eigenvalue weighted by Gasteiger charge is -2.33. The van der Waals surface area contributed by atoms with Crippen molar-refractivity contribution in [2.75, 3.05) is 13.1 Å². The van der Waals surface area contributed by atoms with Crippen molar-refractivity contribution in [3.05, 3.63) is 65.5 Å². The van der Waals surface area contributed by atoms with Gasteiger partial charge >= 0.3 is 0 Å². The summed E-state index contributed by atoms with van der Waals surface area (Å²) in [6, 6.07) is 15.9. The van der Waals surface area contributed by atoms with Crippen molar-refractivity contribution < 1.29 is 9.59 Å². The van der Waals surface area contributed by atoms with Gasteiger partial charge in [-0.1, -0.05) is 29.8 Å². The molecule has 6 nitrogen and oxygen atoms in total. The van der Waals surface area contributed by atoms with Gasteiger partial charge in [0, 0.05) is 31.1 Å². The largest absolute Gasteiger partial charge is 0.352 e. The molecule has 0 spiro atoms. The highest BCUT2D eigenvalue weighted by molar-refractivity contribution is 5.94. The number of carbonyl (C=O) groups is 2. The van der Waals surface area contributed by atoms with Crippen molar-refractivity contribution in [3.63, 3.8) is 0 Å². The van der Waals surface area contributed by atoms with E-state index >= 15 is 0 Å². The minimum atomic E-state index is -0.0588. The molecule has 0 saturated carbocycles. The van der Waals surface area contributed by atoms with Crippen molar-refractivity contribution in [2.24, 2.45) is 0 Å². The third kappa shape index (κ3) is 5.01. The summed E-state index contributed by atoms with van der Waals surface area (Å²) in [4.78, 5) is 32.3. The van der Waals surface area contributed by atoms with Gasteiger partial charge in [-0.05, 0) is 63.8 Å². The summed E-state index contributed by atoms with van der Waals surface area (Å²) in [6.45, 7) is 5.84. The molecule has 6 heteroatoms. The highest BCUT2D eigenvalue weighted by Gasteiger charge is 2.24. The van der Waals surface area contributed by atoms with Crippen LogP contribution in [0.15, 0.2) is 48.5 Å². The molecule has 1 aliphatic rings. The van der Waals surface area contributed by atoms with E-state index in [1.807, 2.05) is 60.4 Å². The minimum Gasteiger partial charge on any atom is -0.352 e. The first-order chi connectivity index (χ1) is 15.5. The van der Waals surface area contributed by atoms with Crippen LogP contribution in [0, 0.1) is 6.92 Å². The normalized spacial score (nSPS) is 16.3. The zero-order valence-corrected chi connectivity index (χ0v) is 19.0. The Morgan fingerprint density at radius 1 is 1.12 bits per heavy atom. The summed E-state index contributed by atoms with van der Waals surface area (Å²) in [5, 5.41) is 3.00. The van der Waals surface area contributed by atoms with Crippen molar-refractivity contribution >= 4 is 22.8 Å². The Labute approximate surface area is 189 Å². The highest BCUT2D eigenvalue weighted by atomic mass is 16.2. The van der Waals surface area contributed by atoms with Gasteiger partial charge in [-0.3, -0.25) is 9.59 Å². The Hall–Kier alpha value is -3.15. The average Bonchev–Trinajstić information content (AvgIpc) is 3.14. The molecule has 2 heterocycles. The fourth-order valence-electron chi connectivity index (χ4n) is 4.52. The fraction of sp³-hybridized carbons (Fsp3) is 0.423. The number of aromatic nitrogens is 2. The van der Waals surface area contributed by atoms with Crippen LogP contribution >= 0.6 is 0 Å². The molecular formula is C26H32N4O2. The Balaban J connectivity index is 1.42. The van der Waals surface area contributed by atoms with E-state index in [1.54, 1.807) is 0 Å². The molecule has 0 radical (unpaired) electrons. The lowest BCUT2D eigenvalue weighted by Crippen LogP contribution is -2.43. The SMILES string of the molecule is Cc1cccc(C(=O)NCCCc2nc3ccccc3n2CC(=O)N2CCCCC2C)c1. The number of piperidine rings is 1. The lowest BCUT2D eigenvalue weighted by atomic mass is 10.0. The van der Waals surface area contributed by atoms with Gasteiger partial charge in [0.2, 0.25) is 5.91 Å². The molecule has 168 valence electrons. The number of aryl methyl sites for hydroxylation is 2. The Morgan fingerprint density at radius 2 is 1.97 bits per heavy atom. The Kier molecular flexibility index (Phi) is 6.88. The number of amides is 2. The van der Waals surface area contributed by atoms with Crippen molar-refractivity contribution in [1.29, 1.82) is 0 Å². The molecule has 2 amide bonds. The number of rotatable bonds is 7. The van der Waals surface area contributed by atoms with Gasteiger partial charge in [-0.15, -0.1) is 0 Å². The number of likely N-dealkylation sites (tertiary alicyclic amines) is 1. The number of imidazole rings is 1. The molecule has 0 bridgehead atoms. The maximum atomic E-state index is 13.1. The monoisotopic (exact) mass is 432 g/mol. The second kappa shape index (κ2) is 9.98. The molecule has 32 heavy (non-hydrogen) atoms. The van der Waals surface area contributed by atoms with E-state index in [0.29, 0.717) is 31.1 Å². The number of carbonyl (C=O) groups excluding carboxylic acids is 2. The minimum absolute atomic E-state index is 0.0588. The number of fused-ring (bicyclic) bond motifs is 1. The second-order valence-corrected chi connectivity index (χ2v) is 8.76. The van der Waals surface area contributed by atoms with Gasteiger partial charge in [0.1, 0.15) is 12.4 Å². The number of benzene rings is 2. The van der Waals surface area contributed by atoms with Crippen LogP contribution in [-0.4, -0.2) is 45.4 Å². The van der Waals surface area contributed by atoms with Crippen LogP contribution in [0.4, 0.5) is 0 Å². The first-order valence-electron chi connectivity index (χ1n) is 11.6. The maximum Gasteiger partial charge on any atom is 0.251 e. The molecule has 1 atom stereocenters. The molecule has 1 saturated heterocycles. The van der Waals surface area contributed by atoms with Crippen molar-refractivity contribution in [2.45, 2.75) is 58.5 Å². The summed E-state index contributed by atoms with van der Waals surface area (Å²) in [7, 11) is 0. The standard InChI is InChI=1S/C26H32N4O2/c1-19-9-7-11-21(17-19)26(32)27-15-8-14-24-28-22-12-3-4-13-23(22)30(24)18-25(31)29-16-6-5-10-20(29)2/h3-4,7,9,11-13,17,20H,5-6,8,10,14-16,18H2,1-2H3,(H,27,32). The molecule has 2 aromatic carbocycles. The molecule has 1 N–H and O–H groups in total. The van der Waals surface area contributed by atoms with Crippen LogP contribution < -0.4 is 5.32 Å². The van der Waals surface area contributed by atoms with E-state index in [9.17, 15) is 9.59 Å².